The average Bonchev–Trinajstić information content (AvgIpc) is 3.01. The Labute approximate surface area is 160 Å². The Bertz CT molecular complexity index is 1080. The van der Waals surface area contributed by atoms with Gasteiger partial charge >= 0.3 is 0 Å². The lowest BCUT2D eigenvalue weighted by atomic mass is 10.2. The molecule has 0 fully saturated rings. The van der Waals surface area contributed by atoms with E-state index >= 15 is 0 Å². The molecule has 0 aliphatic heterocycles. The summed E-state index contributed by atoms with van der Waals surface area (Å²) in [5.41, 5.74) is 4.72. The van der Waals surface area contributed by atoms with Crippen LogP contribution >= 0.6 is 23.4 Å². The van der Waals surface area contributed by atoms with E-state index in [1.165, 1.54) is 0 Å². The third-order valence-corrected chi connectivity index (χ3v) is 5.40. The number of aryl methyl sites for hydroxylation is 1. The van der Waals surface area contributed by atoms with Gasteiger partial charge in [0.25, 0.3) is 0 Å². The Morgan fingerprint density at radius 2 is 1.65 bits per heavy atom. The molecule has 4 rings (SSSR count). The molecule has 0 aliphatic carbocycles. The molecular formula is C19H16ClN5S. The zero-order valence-corrected chi connectivity index (χ0v) is 15.9. The van der Waals surface area contributed by atoms with Crippen molar-refractivity contribution in [2.75, 3.05) is 0 Å². The number of benzene rings is 2. The van der Waals surface area contributed by atoms with Crippen LogP contribution < -0.4 is 0 Å². The van der Waals surface area contributed by atoms with Crippen molar-refractivity contribution in [3.05, 3.63) is 64.9 Å². The van der Waals surface area contributed by atoms with Crippen molar-refractivity contribution < 1.29 is 0 Å². The number of hydrogen-bond donors (Lipinski definition) is 0. The number of thioether (sulfide) groups is 1. The Kier molecular flexibility index (Phi) is 4.61. The first-order valence-corrected chi connectivity index (χ1v) is 9.48. The smallest absolute Gasteiger partial charge is 0.191 e. The van der Waals surface area contributed by atoms with E-state index in [4.69, 9.17) is 16.6 Å². The highest BCUT2D eigenvalue weighted by molar-refractivity contribution is 7.98. The maximum atomic E-state index is 5.96. The molecule has 0 amide bonds. The van der Waals surface area contributed by atoms with Crippen LogP contribution in [-0.2, 0) is 12.8 Å². The van der Waals surface area contributed by atoms with Crippen LogP contribution in [0.2, 0.25) is 5.02 Å². The molecule has 0 spiro atoms. The Balaban J connectivity index is 1.57. The molecule has 7 heteroatoms. The van der Waals surface area contributed by atoms with Crippen LogP contribution in [0.3, 0.4) is 0 Å². The van der Waals surface area contributed by atoms with Gasteiger partial charge in [0.05, 0.1) is 22.4 Å². The molecule has 26 heavy (non-hydrogen) atoms. The van der Waals surface area contributed by atoms with Crippen LogP contribution in [0.15, 0.2) is 53.7 Å². The monoisotopic (exact) mass is 381 g/mol. The minimum atomic E-state index is 0.691. The SMILES string of the molecule is Cc1nc2ccccc2nc1CSc1nnc(-c2ccc(Cl)cc2)n1C. The number of para-hydroxylation sites is 2. The van der Waals surface area contributed by atoms with Gasteiger partial charge in [0.2, 0.25) is 0 Å². The van der Waals surface area contributed by atoms with E-state index in [0.29, 0.717) is 10.8 Å². The minimum absolute atomic E-state index is 0.691. The van der Waals surface area contributed by atoms with Gasteiger partial charge in [-0.1, -0.05) is 35.5 Å². The van der Waals surface area contributed by atoms with Crippen LogP contribution in [0.5, 0.6) is 0 Å². The fourth-order valence-electron chi connectivity index (χ4n) is 2.69. The van der Waals surface area contributed by atoms with Crippen molar-refractivity contribution in [3.8, 4) is 11.4 Å². The number of hydrogen-bond acceptors (Lipinski definition) is 5. The van der Waals surface area contributed by atoms with Crippen LogP contribution in [0.25, 0.3) is 22.4 Å². The van der Waals surface area contributed by atoms with E-state index in [2.05, 4.69) is 15.2 Å². The van der Waals surface area contributed by atoms with Gasteiger partial charge in [-0.2, -0.15) is 0 Å². The molecule has 0 saturated carbocycles. The van der Waals surface area contributed by atoms with E-state index in [0.717, 1.165) is 39.0 Å². The average molecular weight is 382 g/mol. The van der Waals surface area contributed by atoms with Crippen molar-refractivity contribution in [1.29, 1.82) is 0 Å². The van der Waals surface area contributed by atoms with Gasteiger partial charge in [-0.3, -0.25) is 0 Å². The largest absolute Gasteiger partial charge is 0.305 e. The second-order valence-corrected chi connectivity index (χ2v) is 7.28. The molecule has 0 bridgehead atoms. The molecule has 0 atom stereocenters. The number of nitrogens with zero attached hydrogens (tertiary/aromatic N) is 5. The molecule has 130 valence electrons. The molecule has 2 heterocycles. The Morgan fingerprint density at radius 1 is 0.962 bits per heavy atom. The molecular weight excluding hydrogens is 366 g/mol. The first-order valence-electron chi connectivity index (χ1n) is 8.12. The second-order valence-electron chi connectivity index (χ2n) is 5.91. The number of halogens is 1. The molecule has 0 unspecified atom stereocenters. The zero-order valence-electron chi connectivity index (χ0n) is 14.3. The maximum Gasteiger partial charge on any atom is 0.191 e. The first-order chi connectivity index (χ1) is 12.6. The fourth-order valence-corrected chi connectivity index (χ4v) is 3.73. The lowest BCUT2D eigenvalue weighted by Gasteiger charge is -2.07. The van der Waals surface area contributed by atoms with Crippen LogP contribution in [0, 0.1) is 6.92 Å². The molecule has 0 aliphatic rings. The predicted octanol–water partition coefficient (Wildman–Crippen LogP) is 4.68. The minimum Gasteiger partial charge on any atom is -0.305 e. The molecule has 0 N–H and O–H groups in total. The van der Waals surface area contributed by atoms with Crippen molar-refractivity contribution in [2.45, 2.75) is 17.8 Å². The predicted molar refractivity (Wildman–Crippen MR) is 105 cm³/mol. The number of fused-ring (bicyclic) bond motifs is 1. The third kappa shape index (κ3) is 3.30. The summed E-state index contributed by atoms with van der Waals surface area (Å²) in [5, 5.41) is 10.2. The standard InChI is InChI=1S/C19H16ClN5S/c1-12-17(22-16-6-4-3-5-15(16)21-12)11-26-19-24-23-18(25(19)2)13-7-9-14(20)10-8-13/h3-10H,11H2,1-2H3. The van der Waals surface area contributed by atoms with Crippen molar-refractivity contribution in [2.24, 2.45) is 7.05 Å². The van der Waals surface area contributed by atoms with Gasteiger partial charge in [-0.05, 0) is 43.3 Å². The lowest BCUT2D eigenvalue weighted by molar-refractivity contribution is 0.793. The summed E-state index contributed by atoms with van der Waals surface area (Å²) in [4.78, 5) is 9.38. The molecule has 4 aromatic rings. The van der Waals surface area contributed by atoms with Gasteiger partial charge < -0.3 is 4.57 Å². The summed E-state index contributed by atoms with van der Waals surface area (Å²) in [5.74, 6) is 1.50. The van der Waals surface area contributed by atoms with E-state index in [1.807, 2.05) is 67.1 Å². The highest BCUT2D eigenvalue weighted by atomic mass is 35.5. The summed E-state index contributed by atoms with van der Waals surface area (Å²) >= 11 is 7.56. The number of aromatic nitrogens is 5. The molecule has 0 saturated heterocycles. The van der Waals surface area contributed by atoms with Gasteiger partial charge in [0, 0.05) is 23.4 Å². The molecule has 5 nitrogen and oxygen atoms in total. The summed E-state index contributed by atoms with van der Waals surface area (Å²) in [6.07, 6.45) is 0. The van der Waals surface area contributed by atoms with Gasteiger partial charge in [-0.15, -0.1) is 10.2 Å². The molecule has 2 aromatic heterocycles. The second kappa shape index (κ2) is 7.05. The van der Waals surface area contributed by atoms with Gasteiger partial charge in [-0.25, -0.2) is 9.97 Å². The first kappa shape index (κ1) is 17.0. The van der Waals surface area contributed by atoms with E-state index in [-0.39, 0.29) is 0 Å². The quantitative estimate of drug-likeness (QED) is 0.480. The topological polar surface area (TPSA) is 56.5 Å². The third-order valence-electron chi connectivity index (χ3n) is 4.12. The van der Waals surface area contributed by atoms with Crippen LogP contribution in [-0.4, -0.2) is 24.7 Å². The Morgan fingerprint density at radius 3 is 2.38 bits per heavy atom. The van der Waals surface area contributed by atoms with Crippen molar-refractivity contribution >= 4 is 34.4 Å². The maximum absolute atomic E-state index is 5.96. The lowest BCUT2D eigenvalue weighted by Crippen LogP contribution is -1.99. The summed E-state index contributed by atoms with van der Waals surface area (Å²) in [7, 11) is 1.96. The zero-order chi connectivity index (χ0) is 18.1. The van der Waals surface area contributed by atoms with E-state index < -0.39 is 0 Å². The summed E-state index contributed by atoms with van der Waals surface area (Å²) in [6.45, 7) is 1.99. The van der Waals surface area contributed by atoms with Crippen LogP contribution in [0.1, 0.15) is 11.4 Å². The molecule has 2 aromatic carbocycles. The number of rotatable bonds is 4. The van der Waals surface area contributed by atoms with Crippen LogP contribution in [0.4, 0.5) is 0 Å². The summed E-state index contributed by atoms with van der Waals surface area (Å²) in [6, 6.07) is 15.5. The van der Waals surface area contributed by atoms with Gasteiger partial charge in [0.1, 0.15) is 0 Å². The van der Waals surface area contributed by atoms with E-state index in [1.54, 1.807) is 11.8 Å². The normalized spacial score (nSPS) is 11.2. The Hall–Kier alpha value is -2.44. The van der Waals surface area contributed by atoms with Crippen molar-refractivity contribution in [3.63, 3.8) is 0 Å². The molecule has 0 radical (unpaired) electrons. The fraction of sp³-hybridized carbons (Fsp3) is 0.158. The highest BCUT2D eigenvalue weighted by Gasteiger charge is 2.13. The van der Waals surface area contributed by atoms with Gasteiger partial charge in [0.15, 0.2) is 11.0 Å². The van der Waals surface area contributed by atoms with E-state index in [9.17, 15) is 0 Å². The van der Waals surface area contributed by atoms with Crippen molar-refractivity contribution in [1.82, 2.24) is 24.7 Å². The highest BCUT2D eigenvalue weighted by Crippen LogP contribution is 2.26. The summed E-state index contributed by atoms with van der Waals surface area (Å²) < 4.78 is 1.98.